The van der Waals surface area contributed by atoms with Gasteiger partial charge in [0.05, 0.1) is 11.8 Å². The Labute approximate surface area is 95.2 Å². The lowest BCUT2D eigenvalue weighted by atomic mass is 10.3. The third-order valence-electron chi connectivity index (χ3n) is 1.75. The van der Waals surface area contributed by atoms with Gasteiger partial charge in [-0.05, 0) is 23.9 Å². The van der Waals surface area contributed by atoms with Gasteiger partial charge in [0.25, 0.3) is 5.22 Å². The van der Waals surface area contributed by atoms with Crippen molar-refractivity contribution in [2.75, 3.05) is 0 Å². The second kappa shape index (κ2) is 4.67. The quantitative estimate of drug-likeness (QED) is 0.361. The number of oxime groups is 1. The van der Waals surface area contributed by atoms with Gasteiger partial charge in [-0.1, -0.05) is 5.16 Å². The van der Waals surface area contributed by atoms with Crippen LogP contribution in [0.5, 0.6) is 0 Å². The van der Waals surface area contributed by atoms with Crippen molar-refractivity contribution < 1.29 is 9.62 Å². The Hall–Kier alpha value is -2.02. The minimum Gasteiger partial charge on any atom is -0.440 e. The highest BCUT2D eigenvalue weighted by atomic mass is 32.2. The van der Waals surface area contributed by atoms with Crippen molar-refractivity contribution in [2.24, 2.45) is 10.9 Å². The van der Waals surface area contributed by atoms with Gasteiger partial charge in [-0.3, -0.25) is 0 Å². The number of amidine groups is 1. The summed E-state index contributed by atoms with van der Waals surface area (Å²) in [4.78, 5) is 8.06. The molecule has 0 bridgehead atoms. The van der Waals surface area contributed by atoms with Gasteiger partial charge >= 0.3 is 0 Å². The summed E-state index contributed by atoms with van der Waals surface area (Å²) >= 11 is 1.20. The van der Waals surface area contributed by atoms with E-state index in [4.69, 9.17) is 15.4 Å². The van der Waals surface area contributed by atoms with E-state index in [0.29, 0.717) is 15.8 Å². The van der Waals surface area contributed by atoms with Gasteiger partial charge < -0.3 is 15.4 Å². The van der Waals surface area contributed by atoms with Crippen LogP contribution >= 0.6 is 11.8 Å². The lowest BCUT2D eigenvalue weighted by Crippen LogP contribution is -2.14. The summed E-state index contributed by atoms with van der Waals surface area (Å²) in [5.41, 5.74) is 6.06. The monoisotopic (exact) mass is 236 g/mol. The van der Waals surface area contributed by atoms with E-state index in [-0.39, 0.29) is 5.84 Å². The molecule has 2 rings (SSSR count). The van der Waals surface area contributed by atoms with Crippen LogP contribution in [0.15, 0.2) is 50.6 Å². The number of nitrogens with two attached hydrogens (primary N) is 1. The number of oxazole rings is 1. The topological polar surface area (TPSA) is 97.5 Å². The van der Waals surface area contributed by atoms with Crippen LogP contribution in [0.25, 0.3) is 0 Å². The molecular weight excluding hydrogens is 228 g/mol. The Morgan fingerprint density at radius 3 is 3.00 bits per heavy atom. The van der Waals surface area contributed by atoms with Gasteiger partial charge in [0, 0.05) is 6.20 Å². The van der Waals surface area contributed by atoms with E-state index in [2.05, 4.69) is 15.1 Å². The predicted octanol–water partition coefficient (Wildman–Crippen LogP) is 1.32. The highest BCUT2D eigenvalue weighted by Crippen LogP contribution is 2.26. The second-order valence-corrected chi connectivity index (χ2v) is 3.68. The van der Waals surface area contributed by atoms with Gasteiger partial charge in [-0.2, -0.15) is 0 Å². The van der Waals surface area contributed by atoms with E-state index in [9.17, 15) is 0 Å². The molecule has 2 heterocycles. The van der Waals surface area contributed by atoms with Crippen molar-refractivity contribution in [1.29, 1.82) is 0 Å². The minimum atomic E-state index is 0.00200. The number of rotatable bonds is 3. The minimum absolute atomic E-state index is 0.00200. The summed E-state index contributed by atoms with van der Waals surface area (Å²) in [5.74, 6) is 0.00200. The SMILES string of the molecule is N/C(=N/O)c1cccnc1Sc1ncco1. The number of pyridine rings is 1. The first-order chi connectivity index (χ1) is 7.81. The molecule has 3 N–H and O–H groups in total. The molecule has 16 heavy (non-hydrogen) atoms. The highest BCUT2D eigenvalue weighted by Gasteiger charge is 2.11. The fourth-order valence-corrected chi connectivity index (χ4v) is 1.84. The molecule has 0 aromatic carbocycles. The van der Waals surface area contributed by atoms with Crippen molar-refractivity contribution in [3.63, 3.8) is 0 Å². The van der Waals surface area contributed by atoms with Crippen molar-refractivity contribution in [2.45, 2.75) is 10.2 Å². The van der Waals surface area contributed by atoms with Crippen LogP contribution in [0, 0.1) is 0 Å². The Balaban J connectivity index is 2.34. The summed E-state index contributed by atoms with van der Waals surface area (Å²) in [6.45, 7) is 0. The van der Waals surface area contributed by atoms with E-state index in [1.807, 2.05) is 0 Å². The molecule has 0 saturated heterocycles. The maximum absolute atomic E-state index is 8.63. The third-order valence-corrected chi connectivity index (χ3v) is 2.64. The molecule has 0 radical (unpaired) electrons. The molecule has 0 atom stereocenters. The summed E-state index contributed by atoms with van der Waals surface area (Å²) in [6, 6.07) is 3.40. The zero-order valence-electron chi connectivity index (χ0n) is 8.07. The van der Waals surface area contributed by atoms with Crippen molar-refractivity contribution in [1.82, 2.24) is 9.97 Å². The standard InChI is InChI=1S/C9H8N4O2S/c10-7(13-14)6-2-1-3-11-8(6)16-9-12-4-5-15-9/h1-5,14H,(H2,10,13). The Morgan fingerprint density at radius 1 is 1.44 bits per heavy atom. The lowest BCUT2D eigenvalue weighted by Gasteiger charge is -2.03. The van der Waals surface area contributed by atoms with Crippen LogP contribution in [0.4, 0.5) is 0 Å². The zero-order valence-corrected chi connectivity index (χ0v) is 8.89. The molecule has 0 fully saturated rings. The first-order valence-corrected chi connectivity index (χ1v) is 5.13. The smallest absolute Gasteiger partial charge is 0.261 e. The second-order valence-electron chi connectivity index (χ2n) is 2.74. The molecule has 0 unspecified atom stereocenters. The molecule has 2 aromatic heterocycles. The lowest BCUT2D eigenvalue weighted by molar-refractivity contribution is 0.318. The Bertz CT molecular complexity index is 498. The normalized spacial score (nSPS) is 11.6. The van der Waals surface area contributed by atoms with Crippen LogP contribution in [0.2, 0.25) is 0 Å². The van der Waals surface area contributed by atoms with E-state index in [1.165, 1.54) is 24.2 Å². The third kappa shape index (κ3) is 2.14. The molecule has 0 aliphatic rings. The fourth-order valence-electron chi connectivity index (χ4n) is 1.06. The van der Waals surface area contributed by atoms with Crippen molar-refractivity contribution >= 4 is 17.6 Å². The highest BCUT2D eigenvalue weighted by molar-refractivity contribution is 7.99. The van der Waals surface area contributed by atoms with Gasteiger partial charge in [0.1, 0.15) is 11.3 Å². The number of nitrogens with zero attached hydrogens (tertiary/aromatic N) is 3. The molecule has 7 heteroatoms. The Morgan fingerprint density at radius 2 is 2.31 bits per heavy atom. The van der Waals surface area contributed by atoms with Gasteiger partial charge in [0.2, 0.25) is 0 Å². The molecule has 82 valence electrons. The molecular formula is C9H8N4O2S. The van der Waals surface area contributed by atoms with Crippen LogP contribution in [0.3, 0.4) is 0 Å². The van der Waals surface area contributed by atoms with E-state index >= 15 is 0 Å². The van der Waals surface area contributed by atoms with E-state index in [1.54, 1.807) is 18.3 Å². The first-order valence-electron chi connectivity index (χ1n) is 4.31. The largest absolute Gasteiger partial charge is 0.440 e. The molecule has 0 amide bonds. The molecule has 6 nitrogen and oxygen atoms in total. The maximum Gasteiger partial charge on any atom is 0.261 e. The molecule has 0 saturated carbocycles. The Kier molecular flexibility index (Phi) is 3.06. The summed E-state index contributed by atoms with van der Waals surface area (Å²) in [6.07, 6.45) is 4.61. The van der Waals surface area contributed by atoms with Gasteiger partial charge in [0.15, 0.2) is 5.84 Å². The van der Waals surface area contributed by atoms with Crippen molar-refractivity contribution in [3.8, 4) is 0 Å². The molecule has 0 aliphatic heterocycles. The summed E-state index contributed by atoms with van der Waals surface area (Å²) < 4.78 is 5.07. The summed E-state index contributed by atoms with van der Waals surface area (Å²) in [7, 11) is 0. The van der Waals surface area contributed by atoms with Gasteiger partial charge in [-0.15, -0.1) is 0 Å². The van der Waals surface area contributed by atoms with Crippen molar-refractivity contribution in [3.05, 3.63) is 36.4 Å². The number of aromatic nitrogens is 2. The molecule has 0 aliphatic carbocycles. The van der Waals surface area contributed by atoms with Crippen LogP contribution in [-0.2, 0) is 0 Å². The average Bonchev–Trinajstić information content (AvgIpc) is 2.82. The zero-order chi connectivity index (χ0) is 11.4. The predicted molar refractivity (Wildman–Crippen MR) is 57.4 cm³/mol. The maximum atomic E-state index is 8.63. The number of hydrogen-bond acceptors (Lipinski definition) is 6. The fraction of sp³-hybridized carbons (Fsp3) is 0. The van der Waals surface area contributed by atoms with Crippen LogP contribution in [0.1, 0.15) is 5.56 Å². The first kappa shape index (κ1) is 10.5. The average molecular weight is 236 g/mol. The number of hydrogen-bond donors (Lipinski definition) is 2. The van der Waals surface area contributed by atoms with Crippen LogP contribution in [-0.4, -0.2) is 21.0 Å². The summed E-state index contributed by atoms with van der Waals surface area (Å²) in [5, 5.41) is 12.6. The molecule has 0 spiro atoms. The molecule has 2 aromatic rings. The van der Waals surface area contributed by atoms with Gasteiger partial charge in [-0.25, -0.2) is 9.97 Å². The van der Waals surface area contributed by atoms with E-state index < -0.39 is 0 Å². The van der Waals surface area contributed by atoms with Crippen LogP contribution < -0.4 is 5.73 Å². The van der Waals surface area contributed by atoms with E-state index in [0.717, 1.165) is 0 Å².